The maximum Gasteiger partial charge on any atom is 0.266 e. The van der Waals surface area contributed by atoms with E-state index in [2.05, 4.69) is 5.32 Å². The fourth-order valence-corrected chi connectivity index (χ4v) is 2.50. The molecule has 0 fully saturated rings. The highest BCUT2D eigenvalue weighted by molar-refractivity contribution is 6.36. The first kappa shape index (κ1) is 18.9. The van der Waals surface area contributed by atoms with E-state index >= 15 is 0 Å². The van der Waals surface area contributed by atoms with Crippen molar-refractivity contribution in [2.45, 2.75) is 20.0 Å². The summed E-state index contributed by atoms with van der Waals surface area (Å²) >= 11 is 11.9. The number of carbonyl (C=O) groups excluding carboxylic acids is 1. The van der Waals surface area contributed by atoms with Crippen LogP contribution in [0, 0.1) is 11.3 Å². The summed E-state index contributed by atoms with van der Waals surface area (Å²) in [4.78, 5) is 12.4. The number of anilines is 1. The van der Waals surface area contributed by atoms with Gasteiger partial charge in [0.15, 0.2) is 0 Å². The minimum Gasteiger partial charge on any atom is -0.490 e. The first-order chi connectivity index (χ1) is 11.9. The SMILES string of the molecule is CC(C)Oc1ccccc1C=C(C#N)C(=O)Nc1ccc(Cl)cc1Cl. The summed E-state index contributed by atoms with van der Waals surface area (Å²) in [5, 5.41) is 12.7. The molecule has 0 atom stereocenters. The number of rotatable bonds is 5. The van der Waals surface area contributed by atoms with E-state index in [-0.39, 0.29) is 11.7 Å². The van der Waals surface area contributed by atoms with Gasteiger partial charge in [0.25, 0.3) is 5.91 Å². The van der Waals surface area contributed by atoms with Gasteiger partial charge in [0, 0.05) is 10.6 Å². The molecule has 0 bridgehead atoms. The third-order valence-corrected chi connectivity index (χ3v) is 3.67. The van der Waals surface area contributed by atoms with Crippen LogP contribution < -0.4 is 10.1 Å². The molecular formula is C19H16Cl2N2O2. The van der Waals surface area contributed by atoms with Crippen molar-refractivity contribution in [3.05, 3.63) is 63.6 Å². The Morgan fingerprint density at radius 2 is 1.96 bits per heavy atom. The lowest BCUT2D eigenvalue weighted by atomic mass is 10.1. The van der Waals surface area contributed by atoms with E-state index in [4.69, 9.17) is 27.9 Å². The molecule has 2 aromatic carbocycles. The van der Waals surface area contributed by atoms with Crippen LogP contribution in [-0.4, -0.2) is 12.0 Å². The van der Waals surface area contributed by atoms with Crippen LogP contribution in [-0.2, 0) is 4.79 Å². The van der Waals surface area contributed by atoms with Gasteiger partial charge in [0.05, 0.1) is 16.8 Å². The molecule has 1 N–H and O–H groups in total. The lowest BCUT2D eigenvalue weighted by Crippen LogP contribution is -2.14. The van der Waals surface area contributed by atoms with Gasteiger partial charge in [-0.1, -0.05) is 41.4 Å². The number of carbonyl (C=O) groups is 1. The summed E-state index contributed by atoms with van der Waals surface area (Å²) in [7, 11) is 0. The zero-order chi connectivity index (χ0) is 18.4. The van der Waals surface area contributed by atoms with Crippen LogP contribution in [0.3, 0.4) is 0 Å². The van der Waals surface area contributed by atoms with Gasteiger partial charge in [-0.15, -0.1) is 0 Å². The molecule has 0 saturated heterocycles. The third kappa shape index (κ3) is 5.25. The van der Waals surface area contributed by atoms with Crippen LogP contribution in [0.15, 0.2) is 48.0 Å². The first-order valence-electron chi connectivity index (χ1n) is 7.54. The molecule has 25 heavy (non-hydrogen) atoms. The fraction of sp³-hybridized carbons (Fsp3) is 0.158. The Balaban J connectivity index is 2.28. The van der Waals surface area contributed by atoms with E-state index in [1.165, 1.54) is 12.1 Å². The van der Waals surface area contributed by atoms with Crippen molar-refractivity contribution in [1.29, 1.82) is 5.26 Å². The van der Waals surface area contributed by atoms with Crippen LogP contribution in [0.2, 0.25) is 10.0 Å². The van der Waals surface area contributed by atoms with Crippen molar-refractivity contribution in [3.63, 3.8) is 0 Å². The molecule has 0 aromatic heterocycles. The highest BCUT2D eigenvalue weighted by Gasteiger charge is 2.13. The Morgan fingerprint density at radius 3 is 2.60 bits per heavy atom. The standard InChI is InChI=1S/C19H16Cl2N2O2/c1-12(2)25-18-6-4-3-5-13(18)9-14(11-22)19(24)23-17-8-7-15(20)10-16(17)21/h3-10,12H,1-2H3,(H,23,24). The highest BCUT2D eigenvalue weighted by atomic mass is 35.5. The summed E-state index contributed by atoms with van der Waals surface area (Å²) < 4.78 is 5.70. The van der Waals surface area contributed by atoms with Crippen LogP contribution in [0.5, 0.6) is 5.75 Å². The second-order valence-corrected chi connectivity index (χ2v) is 6.30. The maximum absolute atomic E-state index is 12.4. The van der Waals surface area contributed by atoms with Gasteiger partial charge in [0.1, 0.15) is 17.4 Å². The molecule has 4 nitrogen and oxygen atoms in total. The minimum atomic E-state index is -0.564. The zero-order valence-corrected chi connectivity index (χ0v) is 15.2. The van der Waals surface area contributed by atoms with Crippen molar-refractivity contribution in [2.75, 3.05) is 5.32 Å². The molecule has 0 radical (unpaired) electrons. The summed E-state index contributed by atoms with van der Waals surface area (Å²) in [6.07, 6.45) is 1.46. The monoisotopic (exact) mass is 374 g/mol. The predicted octanol–water partition coefficient (Wildman–Crippen LogP) is 5.33. The average Bonchev–Trinajstić information content (AvgIpc) is 2.56. The van der Waals surface area contributed by atoms with Gasteiger partial charge in [-0.3, -0.25) is 4.79 Å². The number of hydrogen-bond donors (Lipinski definition) is 1. The molecule has 1 amide bonds. The van der Waals surface area contributed by atoms with Gasteiger partial charge >= 0.3 is 0 Å². The van der Waals surface area contributed by atoms with Gasteiger partial charge in [-0.05, 0) is 44.2 Å². The number of amides is 1. The lowest BCUT2D eigenvalue weighted by Gasteiger charge is -2.12. The maximum atomic E-state index is 12.4. The molecule has 0 saturated carbocycles. The molecule has 6 heteroatoms. The predicted molar refractivity (Wildman–Crippen MR) is 101 cm³/mol. The molecule has 0 aliphatic carbocycles. The highest BCUT2D eigenvalue weighted by Crippen LogP contribution is 2.26. The number of halogens is 2. The number of nitrogens with one attached hydrogen (secondary N) is 1. The topological polar surface area (TPSA) is 62.1 Å². The van der Waals surface area contributed by atoms with Gasteiger partial charge < -0.3 is 10.1 Å². The van der Waals surface area contributed by atoms with Gasteiger partial charge in [0.2, 0.25) is 0 Å². The molecule has 2 rings (SSSR count). The largest absolute Gasteiger partial charge is 0.490 e. The number of para-hydroxylation sites is 1. The Hall–Kier alpha value is -2.48. The molecule has 0 aliphatic heterocycles. The smallest absolute Gasteiger partial charge is 0.266 e. The van der Waals surface area contributed by atoms with Crippen LogP contribution in [0.25, 0.3) is 6.08 Å². The Labute approximate surface area is 156 Å². The van der Waals surface area contributed by atoms with Crippen molar-refractivity contribution < 1.29 is 9.53 Å². The van der Waals surface area contributed by atoms with Crippen LogP contribution in [0.4, 0.5) is 5.69 Å². The molecular weight excluding hydrogens is 359 g/mol. The average molecular weight is 375 g/mol. The van der Waals surface area contributed by atoms with E-state index in [1.54, 1.807) is 24.3 Å². The second kappa shape index (κ2) is 8.57. The normalized spacial score (nSPS) is 11.1. The Morgan fingerprint density at radius 1 is 1.24 bits per heavy atom. The molecule has 2 aromatic rings. The number of benzene rings is 2. The number of ether oxygens (including phenoxy) is 1. The summed E-state index contributed by atoms with van der Waals surface area (Å²) in [6.45, 7) is 3.81. The van der Waals surface area contributed by atoms with Gasteiger partial charge in [-0.25, -0.2) is 0 Å². The summed E-state index contributed by atoms with van der Waals surface area (Å²) in [6, 6.07) is 13.8. The van der Waals surface area contributed by atoms with Crippen molar-refractivity contribution in [3.8, 4) is 11.8 Å². The number of nitrogens with zero attached hydrogens (tertiary/aromatic N) is 1. The zero-order valence-electron chi connectivity index (χ0n) is 13.7. The fourth-order valence-electron chi connectivity index (χ4n) is 2.05. The van der Waals surface area contributed by atoms with Crippen LogP contribution in [0.1, 0.15) is 19.4 Å². The quantitative estimate of drug-likeness (QED) is 0.568. The van der Waals surface area contributed by atoms with E-state index in [9.17, 15) is 10.1 Å². The van der Waals surface area contributed by atoms with Crippen LogP contribution >= 0.6 is 23.2 Å². The Bertz CT molecular complexity index is 855. The van der Waals surface area contributed by atoms with E-state index in [0.717, 1.165) is 0 Å². The van der Waals surface area contributed by atoms with E-state index in [1.807, 2.05) is 32.0 Å². The Kier molecular flexibility index (Phi) is 6.46. The van der Waals surface area contributed by atoms with Gasteiger partial charge in [-0.2, -0.15) is 5.26 Å². The molecule has 0 unspecified atom stereocenters. The summed E-state index contributed by atoms with van der Waals surface area (Å²) in [5.74, 6) is 0.0358. The molecule has 0 heterocycles. The lowest BCUT2D eigenvalue weighted by molar-refractivity contribution is -0.112. The number of nitriles is 1. The third-order valence-electron chi connectivity index (χ3n) is 3.13. The molecule has 0 aliphatic rings. The van der Waals surface area contributed by atoms with E-state index < -0.39 is 5.91 Å². The first-order valence-corrected chi connectivity index (χ1v) is 8.30. The number of hydrogen-bond acceptors (Lipinski definition) is 3. The van der Waals surface area contributed by atoms with Crippen molar-refractivity contribution in [1.82, 2.24) is 0 Å². The molecule has 0 spiro atoms. The second-order valence-electron chi connectivity index (χ2n) is 5.45. The van der Waals surface area contributed by atoms with Crippen molar-refractivity contribution in [2.24, 2.45) is 0 Å². The van der Waals surface area contributed by atoms with Crippen molar-refractivity contribution >= 4 is 40.9 Å². The minimum absolute atomic E-state index is 0.0261. The van der Waals surface area contributed by atoms with E-state index in [0.29, 0.717) is 27.0 Å². The summed E-state index contributed by atoms with van der Waals surface area (Å²) in [5.41, 5.74) is 0.958. The molecule has 128 valence electrons.